The maximum atomic E-state index is 2.59. The number of quaternary nitrogens is 1. The summed E-state index contributed by atoms with van der Waals surface area (Å²) in [6.45, 7) is 0. The van der Waals surface area contributed by atoms with Gasteiger partial charge in [0.1, 0.15) is 0 Å². The highest BCUT2D eigenvalue weighted by molar-refractivity contribution is 7.11. The van der Waals surface area contributed by atoms with Crippen LogP contribution < -0.4 is 17.0 Å². The molecule has 2 fully saturated rings. The Balaban J connectivity index is 0.00000169. The van der Waals surface area contributed by atoms with Crippen LogP contribution in [0.15, 0.2) is 53.9 Å². The number of fused-ring (bicyclic) bond motifs is 2. The van der Waals surface area contributed by atoms with E-state index in [1.807, 2.05) is 11.3 Å². The van der Waals surface area contributed by atoms with Crippen molar-refractivity contribution < 1.29 is 21.5 Å². The summed E-state index contributed by atoms with van der Waals surface area (Å²) in [4.78, 5) is 1.41. The molecule has 2 bridgehead atoms. The van der Waals surface area contributed by atoms with E-state index in [1.54, 1.807) is 0 Å². The van der Waals surface area contributed by atoms with Crippen molar-refractivity contribution in [3.8, 4) is 0 Å². The summed E-state index contributed by atoms with van der Waals surface area (Å²) < 4.78 is 1.25. The highest BCUT2D eigenvalue weighted by Gasteiger charge is 2.48. The maximum absolute atomic E-state index is 2.59. The third-order valence-electron chi connectivity index (χ3n) is 6.14. The summed E-state index contributed by atoms with van der Waals surface area (Å²) in [5, 5.41) is 2.19. The first-order valence-electron chi connectivity index (χ1n) is 8.79. The highest BCUT2D eigenvalue weighted by atomic mass is 79.9. The van der Waals surface area contributed by atoms with E-state index >= 15 is 0 Å². The van der Waals surface area contributed by atoms with Crippen molar-refractivity contribution in [1.29, 1.82) is 0 Å². The van der Waals surface area contributed by atoms with Gasteiger partial charge in [0.2, 0.25) is 0 Å². The van der Waals surface area contributed by atoms with Crippen LogP contribution in [0.2, 0.25) is 0 Å². The van der Waals surface area contributed by atoms with Crippen LogP contribution in [0.25, 0.3) is 5.57 Å². The molecule has 1 aromatic carbocycles. The average Bonchev–Trinajstić information content (AvgIpc) is 3.09. The molecule has 3 heterocycles. The minimum absolute atomic E-state index is 0. The molecule has 2 saturated heterocycles. The summed E-state index contributed by atoms with van der Waals surface area (Å²) in [6.07, 6.45) is 8.13. The first-order valence-corrected chi connectivity index (χ1v) is 9.67. The van der Waals surface area contributed by atoms with Gasteiger partial charge in [-0.15, -0.1) is 11.3 Å². The van der Waals surface area contributed by atoms with E-state index in [4.69, 9.17) is 0 Å². The van der Waals surface area contributed by atoms with Crippen molar-refractivity contribution in [3.05, 3.63) is 64.4 Å². The largest absolute Gasteiger partial charge is 1.00 e. The zero-order chi connectivity index (χ0) is 15.9. The molecule has 0 amide bonds. The molecule has 3 atom stereocenters. The monoisotopic (exact) mass is 403 g/mol. The Morgan fingerprint density at radius 2 is 1.67 bits per heavy atom. The molecule has 0 spiro atoms. The van der Waals surface area contributed by atoms with Crippen molar-refractivity contribution in [2.45, 2.75) is 37.8 Å². The minimum atomic E-state index is 0. The van der Waals surface area contributed by atoms with E-state index in [0.717, 1.165) is 18.0 Å². The first-order chi connectivity index (χ1) is 11.1. The molecule has 2 aromatic rings. The summed E-state index contributed by atoms with van der Waals surface area (Å²) >= 11 is 1.86. The van der Waals surface area contributed by atoms with Crippen LogP contribution in [0.4, 0.5) is 0 Å². The van der Waals surface area contributed by atoms with Crippen LogP contribution in [-0.4, -0.2) is 30.7 Å². The molecule has 0 aliphatic carbocycles. The second kappa shape index (κ2) is 7.15. The van der Waals surface area contributed by atoms with Gasteiger partial charge in [0, 0.05) is 30.6 Å². The molecule has 0 radical (unpaired) electrons. The molecular formula is C21H26BrNS. The fourth-order valence-corrected chi connectivity index (χ4v) is 5.44. The second-order valence-electron chi connectivity index (χ2n) is 7.67. The molecule has 1 aromatic heterocycles. The number of halogens is 1. The molecule has 2 aliphatic rings. The van der Waals surface area contributed by atoms with Crippen LogP contribution in [0.3, 0.4) is 0 Å². The zero-order valence-corrected chi connectivity index (χ0v) is 16.9. The average molecular weight is 404 g/mol. The van der Waals surface area contributed by atoms with Crippen LogP contribution in [0.1, 0.15) is 36.1 Å². The number of allylic oxidation sites excluding steroid dienone is 1. The van der Waals surface area contributed by atoms with Crippen molar-refractivity contribution in [2.24, 2.45) is 5.92 Å². The smallest absolute Gasteiger partial charge is 0.0896 e. The van der Waals surface area contributed by atoms with Crippen LogP contribution in [0.5, 0.6) is 0 Å². The molecule has 4 rings (SSSR count). The minimum Gasteiger partial charge on any atom is -1.00 e. The molecule has 24 heavy (non-hydrogen) atoms. The van der Waals surface area contributed by atoms with Gasteiger partial charge in [0.25, 0.3) is 0 Å². The second-order valence-corrected chi connectivity index (χ2v) is 8.62. The number of thiophene rings is 1. The van der Waals surface area contributed by atoms with Crippen molar-refractivity contribution >= 4 is 16.9 Å². The Morgan fingerprint density at radius 3 is 2.25 bits per heavy atom. The van der Waals surface area contributed by atoms with E-state index < -0.39 is 0 Å². The van der Waals surface area contributed by atoms with E-state index in [2.05, 4.69) is 68.0 Å². The quantitative estimate of drug-likeness (QED) is 0.689. The number of nitrogens with zero attached hydrogens (tertiary/aromatic N) is 1. The number of rotatable bonds is 3. The summed E-state index contributed by atoms with van der Waals surface area (Å²) in [5.74, 6) is 0.732. The number of piperidine rings is 1. The SMILES string of the molecule is C[N+]1(C)[C@@H]2CC[C@H]1C[C@@H](/C=C(/c1ccccc1)c1cccs1)C2.[Br-]. The van der Waals surface area contributed by atoms with Gasteiger partial charge in [-0.3, -0.25) is 0 Å². The Hall–Kier alpha value is -0.900. The Labute approximate surface area is 160 Å². The fourth-order valence-electron chi connectivity index (χ4n) is 4.66. The van der Waals surface area contributed by atoms with Gasteiger partial charge in [-0.05, 0) is 28.5 Å². The molecule has 2 aliphatic heterocycles. The molecule has 0 saturated carbocycles. The zero-order valence-electron chi connectivity index (χ0n) is 14.5. The predicted molar refractivity (Wildman–Crippen MR) is 99.5 cm³/mol. The normalized spacial score (nSPS) is 28.4. The van der Waals surface area contributed by atoms with Crippen molar-refractivity contribution in [3.63, 3.8) is 0 Å². The van der Waals surface area contributed by atoms with E-state index in [0.29, 0.717) is 0 Å². The Kier molecular flexibility index (Phi) is 5.33. The van der Waals surface area contributed by atoms with Gasteiger partial charge >= 0.3 is 0 Å². The van der Waals surface area contributed by atoms with Crippen molar-refractivity contribution in [2.75, 3.05) is 14.1 Å². The van der Waals surface area contributed by atoms with Crippen molar-refractivity contribution in [1.82, 2.24) is 0 Å². The van der Waals surface area contributed by atoms with E-state index in [-0.39, 0.29) is 17.0 Å². The Bertz CT molecular complexity index is 674. The molecule has 1 nitrogen and oxygen atoms in total. The molecule has 128 valence electrons. The first kappa shape index (κ1) is 17.9. The lowest BCUT2D eigenvalue weighted by molar-refractivity contribution is -0.931. The summed E-state index contributed by atoms with van der Waals surface area (Å²) in [7, 11) is 4.89. The maximum Gasteiger partial charge on any atom is 0.0896 e. The van der Waals surface area contributed by atoms with Gasteiger partial charge in [0.15, 0.2) is 0 Å². The predicted octanol–water partition coefficient (Wildman–Crippen LogP) is 2.20. The molecular weight excluding hydrogens is 378 g/mol. The van der Waals surface area contributed by atoms with Crippen LogP contribution >= 0.6 is 11.3 Å². The Morgan fingerprint density at radius 1 is 1.00 bits per heavy atom. The highest BCUT2D eigenvalue weighted by Crippen LogP contribution is 2.43. The molecule has 0 unspecified atom stereocenters. The lowest BCUT2D eigenvalue weighted by Gasteiger charge is -2.43. The number of hydrogen-bond donors (Lipinski definition) is 0. The number of benzene rings is 1. The van der Waals surface area contributed by atoms with Gasteiger partial charge < -0.3 is 21.5 Å². The molecule has 3 heteroatoms. The van der Waals surface area contributed by atoms with Gasteiger partial charge in [0.05, 0.1) is 26.2 Å². The van der Waals surface area contributed by atoms with Gasteiger partial charge in [-0.1, -0.05) is 42.5 Å². The van der Waals surface area contributed by atoms with Crippen LogP contribution in [-0.2, 0) is 0 Å². The van der Waals surface area contributed by atoms with Gasteiger partial charge in [-0.2, -0.15) is 0 Å². The van der Waals surface area contributed by atoms with Gasteiger partial charge in [-0.25, -0.2) is 0 Å². The van der Waals surface area contributed by atoms with E-state index in [9.17, 15) is 0 Å². The standard InChI is InChI=1S/C21H26NS.BrH/c1-22(2)18-10-11-19(22)14-16(13-18)15-20(21-9-6-12-23-21)17-7-4-3-5-8-17;/h3-9,12,15-16,18-19H,10-11,13-14H2,1-2H3;1H/q+1;/p-1/b20-15-;/t16-,18+,19-;. The lowest BCUT2D eigenvalue weighted by atomic mass is 9.86. The van der Waals surface area contributed by atoms with Crippen LogP contribution in [0, 0.1) is 5.92 Å². The number of hydrogen-bond acceptors (Lipinski definition) is 1. The summed E-state index contributed by atoms with van der Waals surface area (Å²) in [6, 6.07) is 17.1. The summed E-state index contributed by atoms with van der Waals surface area (Å²) in [5.41, 5.74) is 2.80. The molecule has 0 N–H and O–H groups in total. The topological polar surface area (TPSA) is 0 Å². The fraction of sp³-hybridized carbons (Fsp3) is 0.429. The third kappa shape index (κ3) is 3.26. The lowest BCUT2D eigenvalue weighted by Crippen LogP contribution is -3.00. The van der Waals surface area contributed by atoms with E-state index in [1.165, 1.54) is 46.2 Å². The third-order valence-corrected chi connectivity index (χ3v) is 7.04.